The number of halogens is 1. The van der Waals surface area contributed by atoms with Gasteiger partial charge < -0.3 is 9.47 Å². The Hall–Kier alpha value is -3.13. The zero-order valence-corrected chi connectivity index (χ0v) is 15.0. The van der Waals surface area contributed by atoms with Gasteiger partial charge >= 0.3 is 0 Å². The first-order valence-corrected chi connectivity index (χ1v) is 7.76. The van der Waals surface area contributed by atoms with Crippen LogP contribution in [0.4, 0.5) is 5.69 Å². The lowest BCUT2D eigenvalue weighted by Crippen LogP contribution is -2.19. The Bertz CT molecular complexity index is 883. The summed E-state index contributed by atoms with van der Waals surface area (Å²) >= 11 is 5.78. The highest BCUT2D eigenvalue weighted by atomic mass is 35.5. The molecular formula is C17H16ClN3O5. The fourth-order valence-electron chi connectivity index (χ4n) is 2.12. The summed E-state index contributed by atoms with van der Waals surface area (Å²) in [6.07, 6.45) is 0. The second-order valence-electron chi connectivity index (χ2n) is 5.13. The number of carbonyl (C=O) groups is 1. The van der Waals surface area contributed by atoms with Crippen LogP contribution in [0.2, 0.25) is 5.02 Å². The van der Waals surface area contributed by atoms with E-state index in [1.165, 1.54) is 32.4 Å². The molecule has 2 aromatic carbocycles. The van der Waals surface area contributed by atoms with Crippen LogP contribution in [-0.2, 0) is 0 Å². The van der Waals surface area contributed by atoms with Crippen molar-refractivity contribution in [1.82, 2.24) is 5.43 Å². The van der Waals surface area contributed by atoms with Crippen molar-refractivity contribution in [1.29, 1.82) is 0 Å². The van der Waals surface area contributed by atoms with Crippen LogP contribution in [0.5, 0.6) is 11.5 Å². The zero-order valence-electron chi connectivity index (χ0n) is 14.3. The van der Waals surface area contributed by atoms with Gasteiger partial charge in [-0.05, 0) is 31.2 Å². The highest BCUT2D eigenvalue weighted by Gasteiger charge is 2.14. The number of amides is 1. The predicted octanol–water partition coefficient (Wildman–Crippen LogP) is 3.42. The quantitative estimate of drug-likeness (QED) is 0.472. The van der Waals surface area contributed by atoms with Crippen LogP contribution in [0.3, 0.4) is 0 Å². The number of benzene rings is 2. The van der Waals surface area contributed by atoms with E-state index in [0.29, 0.717) is 28.3 Å². The molecule has 9 heteroatoms. The molecule has 0 saturated heterocycles. The van der Waals surface area contributed by atoms with Crippen molar-refractivity contribution in [2.75, 3.05) is 14.2 Å². The first-order valence-electron chi connectivity index (χ1n) is 7.38. The predicted molar refractivity (Wildman–Crippen MR) is 97.3 cm³/mol. The molecule has 0 bridgehead atoms. The summed E-state index contributed by atoms with van der Waals surface area (Å²) in [5.41, 5.74) is 3.34. The minimum absolute atomic E-state index is 0.0286. The number of nitro benzene ring substituents is 1. The molecule has 26 heavy (non-hydrogen) atoms. The Labute approximate surface area is 154 Å². The van der Waals surface area contributed by atoms with Gasteiger partial charge in [-0.15, -0.1) is 0 Å². The molecule has 0 atom stereocenters. The minimum Gasteiger partial charge on any atom is -0.493 e. The van der Waals surface area contributed by atoms with Gasteiger partial charge in [-0.1, -0.05) is 17.7 Å². The van der Waals surface area contributed by atoms with Gasteiger partial charge in [0, 0.05) is 17.2 Å². The van der Waals surface area contributed by atoms with Crippen molar-refractivity contribution in [2.45, 2.75) is 6.92 Å². The third kappa shape index (κ3) is 4.28. The summed E-state index contributed by atoms with van der Waals surface area (Å²) in [4.78, 5) is 22.6. The van der Waals surface area contributed by atoms with Crippen molar-refractivity contribution >= 4 is 28.9 Å². The Balaban J connectivity index is 2.20. The minimum atomic E-state index is -0.582. The van der Waals surface area contributed by atoms with Gasteiger partial charge in [-0.2, -0.15) is 5.10 Å². The fourth-order valence-corrected chi connectivity index (χ4v) is 2.31. The molecular weight excluding hydrogens is 362 g/mol. The molecule has 8 nitrogen and oxygen atoms in total. The lowest BCUT2D eigenvalue weighted by Gasteiger charge is -2.09. The maximum atomic E-state index is 12.2. The molecule has 0 heterocycles. The molecule has 0 radical (unpaired) electrons. The Morgan fingerprint density at radius 2 is 1.77 bits per heavy atom. The third-order valence-corrected chi connectivity index (χ3v) is 3.85. The first-order chi connectivity index (χ1) is 12.4. The Morgan fingerprint density at radius 3 is 2.38 bits per heavy atom. The molecule has 136 valence electrons. The molecule has 0 aromatic heterocycles. The second kappa shape index (κ2) is 8.30. The van der Waals surface area contributed by atoms with E-state index in [2.05, 4.69) is 10.5 Å². The maximum Gasteiger partial charge on any atom is 0.288 e. The van der Waals surface area contributed by atoms with E-state index in [4.69, 9.17) is 21.1 Å². The molecule has 0 saturated carbocycles. The number of hydrogen-bond acceptors (Lipinski definition) is 6. The standard InChI is InChI=1S/C17H16ClN3O5/c1-10(11-4-6-13(18)14(8-11)21(23)24)19-20-17(22)12-5-7-15(25-2)16(9-12)26-3/h4-9H,1-3H3,(H,20,22)/b19-10-. The monoisotopic (exact) mass is 377 g/mol. The van der Waals surface area contributed by atoms with Gasteiger partial charge in [0.05, 0.1) is 24.9 Å². The third-order valence-electron chi connectivity index (χ3n) is 3.53. The molecule has 0 aliphatic carbocycles. The molecule has 0 unspecified atom stereocenters. The van der Waals surface area contributed by atoms with Crippen LogP contribution in [0.15, 0.2) is 41.5 Å². The second-order valence-corrected chi connectivity index (χ2v) is 5.54. The number of nitrogens with one attached hydrogen (secondary N) is 1. The Morgan fingerprint density at radius 1 is 1.12 bits per heavy atom. The van der Waals surface area contributed by atoms with Crippen LogP contribution >= 0.6 is 11.6 Å². The number of ether oxygens (including phenoxy) is 2. The number of methoxy groups -OCH3 is 2. The number of carbonyl (C=O) groups excluding carboxylic acids is 1. The number of nitro groups is 1. The highest BCUT2D eigenvalue weighted by molar-refractivity contribution is 6.32. The van der Waals surface area contributed by atoms with Gasteiger partial charge in [0.15, 0.2) is 11.5 Å². The van der Waals surface area contributed by atoms with Crippen LogP contribution < -0.4 is 14.9 Å². The van der Waals surface area contributed by atoms with Crippen molar-refractivity contribution in [2.24, 2.45) is 5.10 Å². The van der Waals surface area contributed by atoms with Crippen LogP contribution in [-0.4, -0.2) is 30.8 Å². The maximum absolute atomic E-state index is 12.2. The van der Waals surface area contributed by atoms with Gasteiger partial charge in [0.2, 0.25) is 0 Å². The summed E-state index contributed by atoms with van der Waals surface area (Å²) in [5, 5.41) is 15.0. The topological polar surface area (TPSA) is 103 Å². The van der Waals surface area contributed by atoms with Crippen LogP contribution in [0.25, 0.3) is 0 Å². The molecule has 2 rings (SSSR count). The van der Waals surface area contributed by atoms with Crippen molar-refractivity contribution in [3.8, 4) is 11.5 Å². The number of hydrogen-bond donors (Lipinski definition) is 1. The summed E-state index contributed by atoms with van der Waals surface area (Å²) in [5.74, 6) is 0.445. The van der Waals surface area contributed by atoms with E-state index >= 15 is 0 Å². The average Bonchev–Trinajstić information content (AvgIpc) is 2.65. The molecule has 2 aromatic rings. The summed E-state index contributed by atoms with van der Waals surface area (Å²) in [7, 11) is 2.96. The van der Waals surface area contributed by atoms with E-state index < -0.39 is 10.8 Å². The molecule has 0 spiro atoms. The largest absolute Gasteiger partial charge is 0.493 e. The van der Waals surface area contributed by atoms with Gasteiger partial charge in [0.25, 0.3) is 11.6 Å². The molecule has 0 aliphatic heterocycles. The number of rotatable bonds is 6. The smallest absolute Gasteiger partial charge is 0.288 e. The number of hydrazone groups is 1. The lowest BCUT2D eigenvalue weighted by atomic mass is 10.1. The van der Waals surface area contributed by atoms with E-state index in [9.17, 15) is 14.9 Å². The van der Waals surface area contributed by atoms with Gasteiger partial charge in [0.1, 0.15) is 5.02 Å². The lowest BCUT2D eigenvalue weighted by molar-refractivity contribution is -0.384. The van der Waals surface area contributed by atoms with E-state index in [1.807, 2.05) is 0 Å². The van der Waals surface area contributed by atoms with E-state index in [0.717, 1.165) is 0 Å². The van der Waals surface area contributed by atoms with E-state index in [-0.39, 0.29) is 10.7 Å². The van der Waals surface area contributed by atoms with Gasteiger partial charge in [-0.25, -0.2) is 5.43 Å². The van der Waals surface area contributed by atoms with E-state index in [1.54, 1.807) is 25.1 Å². The van der Waals surface area contributed by atoms with Crippen molar-refractivity contribution in [3.05, 3.63) is 62.7 Å². The van der Waals surface area contributed by atoms with Crippen LogP contribution in [0.1, 0.15) is 22.8 Å². The SMILES string of the molecule is COc1ccc(C(=O)N/N=C(/C)c2ccc(Cl)c([N+](=O)[O-])c2)cc1OC. The average molecular weight is 378 g/mol. The summed E-state index contributed by atoms with van der Waals surface area (Å²) in [6.45, 7) is 1.61. The van der Waals surface area contributed by atoms with Crippen LogP contribution in [0, 0.1) is 10.1 Å². The first kappa shape index (κ1) is 19.2. The summed E-state index contributed by atoms with van der Waals surface area (Å²) in [6, 6.07) is 8.97. The molecule has 0 fully saturated rings. The Kier molecular flexibility index (Phi) is 6.13. The molecule has 1 N–H and O–H groups in total. The summed E-state index contributed by atoms with van der Waals surface area (Å²) < 4.78 is 10.3. The zero-order chi connectivity index (χ0) is 19.3. The number of nitrogens with zero attached hydrogens (tertiary/aromatic N) is 2. The normalized spacial score (nSPS) is 11.0. The van der Waals surface area contributed by atoms with Crippen molar-refractivity contribution < 1.29 is 19.2 Å². The van der Waals surface area contributed by atoms with Gasteiger partial charge in [-0.3, -0.25) is 14.9 Å². The van der Waals surface area contributed by atoms with Crippen molar-refractivity contribution in [3.63, 3.8) is 0 Å². The molecule has 0 aliphatic rings. The fraction of sp³-hybridized carbons (Fsp3) is 0.176. The highest BCUT2D eigenvalue weighted by Crippen LogP contribution is 2.27. The molecule has 1 amide bonds.